The highest BCUT2D eigenvalue weighted by atomic mass is 35.5. The molecule has 0 fully saturated rings. The first-order chi connectivity index (χ1) is 13.4. The Hall–Kier alpha value is -3.05. The lowest BCUT2D eigenvalue weighted by molar-refractivity contribution is -0.142. The fourth-order valence-corrected chi connectivity index (χ4v) is 2.80. The van der Waals surface area contributed by atoms with Gasteiger partial charge in [-0.3, -0.25) is 4.79 Å². The van der Waals surface area contributed by atoms with Gasteiger partial charge in [-0.15, -0.1) is 0 Å². The molecule has 0 atom stereocenters. The highest BCUT2D eigenvalue weighted by molar-refractivity contribution is 6.34. The Kier molecular flexibility index (Phi) is 7.84. The van der Waals surface area contributed by atoms with Crippen LogP contribution >= 0.6 is 11.6 Å². The van der Waals surface area contributed by atoms with Gasteiger partial charge in [0, 0.05) is 6.08 Å². The number of rotatable bonds is 8. The van der Waals surface area contributed by atoms with E-state index in [1.54, 1.807) is 42.5 Å². The maximum atomic E-state index is 12.0. The lowest BCUT2D eigenvalue weighted by atomic mass is 10.1. The summed E-state index contributed by atoms with van der Waals surface area (Å²) >= 11 is 6.15. The molecule has 146 valence electrons. The molecule has 2 aromatic rings. The van der Waals surface area contributed by atoms with Crippen molar-refractivity contribution in [2.24, 2.45) is 0 Å². The van der Waals surface area contributed by atoms with E-state index in [0.29, 0.717) is 23.1 Å². The summed E-state index contributed by atoms with van der Waals surface area (Å²) in [5, 5.41) is 3.11. The maximum absolute atomic E-state index is 12.0. The van der Waals surface area contributed by atoms with Crippen molar-refractivity contribution in [3.63, 3.8) is 0 Å². The van der Waals surface area contributed by atoms with E-state index in [1.807, 2.05) is 19.9 Å². The summed E-state index contributed by atoms with van der Waals surface area (Å²) in [5.41, 5.74) is 3.15. The van der Waals surface area contributed by atoms with Crippen LogP contribution in [-0.2, 0) is 14.3 Å². The van der Waals surface area contributed by atoms with Crippen LogP contribution in [0.4, 0.5) is 5.69 Å². The predicted molar refractivity (Wildman–Crippen MR) is 112 cm³/mol. The van der Waals surface area contributed by atoms with Crippen LogP contribution in [0.15, 0.2) is 55.1 Å². The van der Waals surface area contributed by atoms with E-state index in [2.05, 4.69) is 11.9 Å². The summed E-state index contributed by atoms with van der Waals surface area (Å²) in [5.74, 6) is -0.366. The maximum Gasteiger partial charge on any atom is 0.331 e. The third kappa shape index (κ3) is 6.59. The van der Waals surface area contributed by atoms with Crippen molar-refractivity contribution in [3.8, 4) is 5.75 Å². The van der Waals surface area contributed by atoms with E-state index in [0.717, 1.165) is 16.7 Å². The van der Waals surface area contributed by atoms with Gasteiger partial charge in [0.1, 0.15) is 12.4 Å². The second-order valence-corrected chi connectivity index (χ2v) is 6.50. The molecular weight excluding hydrogens is 378 g/mol. The minimum Gasteiger partial charge on any atom is -0.490 e. The van der Waals surface area contributed by atoms with Crippen LogP contribution in [0.3, 0.4) is 0 Å². The first kappa shape index (κ1) is 21.3. The first-order valence-electron chi connectivity index (χ1n) is 8.64. The Balaban J connectivity index is 1.84. The smallest absolute Gasteiger partial charge is 0.331 e. The number of anilines is 1. The molecule has 0 aliphatic heterocycles. The quantitative estimate of drug-likeness (QED) is 0.396. The molecule has 0 aliphatic carbocycles. The van der Waals surface area contributed by atoms with Crippen LogP contribution in [0.5, 0.6) is 5.75 Å². The molecule has 28 heavy (non-hydrogen) atoms. The van der Waals surface area contributed by atoms with Crippen LogP contribution in [0.2, 0.25) is 5.02 Å². The van der Waals surface area contributed by atoms with Gasteiger partial charge in [0.15, 0.2) is 6.61 Å². The zero-order valence-corrected chi connectivity index (χ0v) is 16.6. The number of carbonyl (C=O) groups excluding carboxylic acids is 2. The van der Waals surface area contributed by atoms with Gasteiger partial charge in [0.2, 0.25) is 0 Å². The van der Waals surface area contributed by atoms with Gasteiger partial charge in [-0.25, -0.2) is 4.79 Å². The van der Waals surface area contributed by atoms with Crippen LogP contribution < -0.4 is 10.1 Å². The molecule has 0 radical (unpaired) electrons. The molecular formula is C22H22ClNO4. The molecule has 0 heterocycles. The Labute approximate surface area is 169 Å². The van der Waals surface area contributed by atoms with Gasteiger partial charge in [-0.05, 0) is 54.8 Å². The number of carbonyl (C=O) groups is 2. The Morgan fingerprint density at radius 1 is 1.18 bits per heavy atom. The molecule has 0 saturated heterocycles. The van der Waals surface area contributed by atoms with Gasteiger partial charge >= 0.3 is 5.97 Å². The number of esters is 1. The number of hydrogen-bond donors (Lipinski definition) is 1. The average Bonchev–Trinajstić information content (AvgIpc) is 2.66. The average molecular weight is 400 g/mol. The zero-order valence-electron chi connectivity index (χ0n) is 15.8. The van der Waals surface area contributed by atoms with Gasteiger partial charge in [0.05, 0.1) is 10.7 Å². The monoisotopic (exact) mass is 399 g/mol. The molecule has 6 heteroatoms. The fourth-order valence-electron chi connectivity index (χ4n) is 2.43. The lowest BCUT2D eigenvalue weighted by Crippen LogP contribution is -2.20. The molecule has 1 N–H and O–H groups in total. The van der Waals surface area contributed by atoms with E-state index >= 15 is 0 Å². The molecule has 0 saturated carbocycles. The number of ether oxygens (including phenoxy) is 2. The van der Waals surface area contributed by atoms with Crippen LogP contribution in [-0.4, -0.2) is 25.1 Å². The van der Waals surface area contributed by atoms with Gasteiger partial charge in [0.25, 0.3) is 5.91 Å². The SMILES string of the molecule is C=CCOc1ccc(/C=C/C(=O)OCC(=O)Nc2c(C)cc(C)cc2Cl)cc1. The normalized spacial score (nSPS) is 10.5. The molecule has 5 nitrogen and oxygen atoms in total. The zero-order chi connectivity index (χ0) is 20.5. The molecule has 2 rings (SSSR count). The fraction of sp³-hybridized carbons (Fsp3) is 0.182. The number of amides is 1. The highest BCUT2D eigenvalue weighted by Crippen LogP contribution is 2.27. The van der Waals surface area contributed by atoms with Crippen molar-refractivity contribution in [1.82, 2.24) is 0 Å². The summed E-state index contributed by atoms with van der Waals surface area (Å²) in [6.45, 7) is 7.37. The van der Waals surface area contributed by atoms with Gasteiger partial charge in [-0.2, -0.15) is 0 Å². The number of hydrogen-bond acceptors (Lipinski definition) is 4. The summed E-state index contributed by atoms with van der Waals surface area (Å²) in [4.78, 5) is 23.8. The molecule has 0 aromatic heterocycles. The second-order valence-electron chi connectivity index (χ2n) is 6.10. The van der Waals surface area contributed by atoms with Crippen molar-refractivity contribution in [1.29, 1.82) is 0 Å². The molecule has 2 aromatic carbocycles. The van der Waals surface area contributed by atoms with Crippen LogP contribution in [0.25, 0.3) is 6.08 Å². The van der Waals surface area contributed by atoms with E-state index < -0.39 is 18.5 Å². The van der Waals surface area contributed by atoms with Crippen molar-refractivity contribution < 1.29 is 19.1 Å². The lowest BCUT2D eigenvalue weighted by Gasteiger charge is -2.11. The molecule has 0 spiro atoms. The molecule has 0 aliphatic rings. The van der Waals surface area contributed by atoms with Crippen LogP contribution in [0.1, 0.15) is 16.7 Å². The van der Waals surface area contributed by atoms with E-state index in [4.69, 9.17) is 21.1 Å². The van der Waals surface area contributed by atoms with Crippen molar-refractivity contribution >= 4 is 35.2 Å². The summed E-state index contributed by atoms with van der Waals surface area (Å²) in [6.07, 6.45) is 4.52. The largest absolute Gasteiger partial charge is 0.490 e. The minimum absolute atomic E-state index is 0.402. The van der Waals surface area contributed by atoms with E-state index in [9.17, 15) is 9.59 Å². The predicted octanol–water partition coefficient (Wildman–Crippen LogP) is 4.72. The number of benzene rings is 2. The summed E-state index contributed by atoms with van der Waals surface area (Å²) in [7, 11) is 0. The van der Waals surface area contributed by atoms with Crippen molar-refractivity contribution in [2.45, 2.75) is 13.8 Å². The Morgan fingerprint density at radius 3 is 2.54 bits per heavy atom. The summed E-state index contributed by atoms with van der Waals surface area (Å²) < 4.78 is 10.3. The second kappa shape index (κ2) is 10.3. The van der Waals surface area contributed by atoms with E-state index in [-0.39, 0.29) is 0 Å². The third-order valence-corrected chi connectivity index (χ3v) is 4.00. The van der Waals surface area contributed by atoms with Crippen molar-refractivity contribution in [2.75, 3.05) is 18.5 Å². The van der Waals surface area contributed by atoms with Crippen molar-refractivity contribution in [3.05, 3.63) is 76.8 Å². The molecule has 0 bridgehead atoms. The third-order valence-electron chi connectivity index (χ3n) is 3.70. The number of aryl methyl sites for hydroxylation is 2. The topological polar surface area (TPSA) is 64.6 Å². The molecule has 1 amide bonds. The van der Waals surface area contributed by atoms with Gasteiger partial charge in [-0.1, -0.05) is 42.5 Å². The number of halogens is 1. The van der Waals surface area contributed by atoms with Crippen LogP contribution in [0, 0.1) is 13.8 Å². The van der Waals surface area contributed by atoms with E-state index in [1.165, 1.54) is 6.08 Å². The highest BCUT2D eigenvalue weighted by Gasteiger charge is 2.11. The minimum atomic E-state index is -0.617. The van der Waals surface area contributed by atoms with Gasteiger partial charge < -0.3 is 14.8 Å². The number of nitrogens with one attached hydrogen (secondary N) is 1. The Morgan fingerprint density at radius 2 is 1.89 bits per heavy atom. The Bertz CT molecular complexity index is 865. The standard InChI is InChI=1S/C22H22ClNO4/c1-4-11-27-18-8-5-17(6-9-18)7-10-21(26)28-14-20(25)24-22-16(3)12-15(2)13-19(22)23/h4-10,12-13H,1,11,14H2,2-3H3,(H,24,25)/b10-7+. The summed E-state index contributed by atoms with van der Waals surface area (Å²) in [6, 6.07) is 10.8. The first-order valence-corrected chi connectivity index (χ1v) is 9.02. The molecule has 0 unspecified atom stereocenters.